The molecule has 202 valence electrons. The van der Waals surface area contributed by atoms with Crippen molar-refractivity contribution in [3.05, 3.63) is 63.3 Å². The Morgan fingerprint density at radius 3 is 2.50 bits per heavy atom. The standard InChI is InChI=1S/C30H34ClFN2O3S/c1-36-26-17-20(16-24(31)28(26)37-19-21-10-8-9-15-25(21)32)18-27-29(35)34(23-13-6-3-7-14-23)30(38-27)33-22-11-4-2-5-12-22/h8-10,15-18,22-23H,2-7,11-14,19H2,1H3. The molecule has 2 aromatic carbocycles. The van der Waals surface area contributed by atoms with E-state index in [1.54, 1.807) is 30.3 Å². The number of halogens is 2. The molecule has 0 radical (unpaired) electrons. The lowest BCUT2D eigenvalue weighted by Gasteiger charge is -2.31. The number of carbonyl (C=O) groups is 1. The van der Waals surface area contributed by atoms with Gasteiger partial charge in [-0.05, 0) is 67.3 Å². The van der Waals surface area contributed by atoms with Crippen LogP contribution in [0.2, 0.25) is 5.02 Å². The summed E-state index contributed by atoms with van der Waals surface area (Å²) in [5.41, 5.74) is 1.17. The molecule has 5 nitrogen and oxygen atoms in total. The number of amides is 1. The Bertz CT molecular complexity index is 1220. The minimum atomic E-state index is -0.339. The average molecular weight is 557 g/mol. The summed E-state index contributed by atoms with van der Waals surface area (Å²) >= 11 is 8.07. The van der Waals surface area contributed by atoms with Gasteiger partial charge in [0.25, 0.3) is 5.91 Å². The maximum Gasteiger partial charge on any atom is 0.266 e. The average Bonchev–Trinajstić information content (AvgIpc) is 3.23. The largest absolute Gasteiger partial charge is 0.493 e. The van der Waals surface area contributed by atoms with Gasteiger partial charge in [-0.25, -0.2) is 4.39 Å². The van der Waals surface area contributed by atoms with Crippen LogP contribution in [0.4, 0.5) is 4.39 Å². The van der Waals surface area contributed by atoms with Crippen molar-refractivity contribution in [2.75, 3.05) is 7.11 Å². The number of ether oxygens (including phenoxy) is 2. The number of hydrogen-bond acceptors (Lipinski definition) is 5. The Morgan fingerprint density at radius 2 is 1.79 bits per heavy atom. The van der Waals surface area contributed by atoms with Crippen molar-refractivity contribution in [1.82, 2.24) is 4.90 Å². The third kappa shape index (κ3) is 6.20. The summed E-state index contributed by atoms with van der Waals surface area (Å²) in [4.78, 5) is 21.4. The molecule has 2 aromatic rings. The third-order valence-electron chi connectivity index (χ3n) is 7.52. The van der Waals surface area contributed by atoms with E-state index in [9.17, 15) is 9.18 Å². The predicted molar refractivity (Wildman–Crippen MR) is 152 cm³/mol. The highest BCUT2D eigenvalue weighted by Gasteiger charge is 2.39. The topological polar surface area (TPSA) is 51.1 Å². The molecule has 0 atom stereocenters. The van der Waals surface area contributed by atoms with E-state index in [0.29, 0.717) is 33.0 Å². The summed E-state index contributed by atoms with van der Waals surface area (Å²) in [5, 5.41) is 1.19. The highest BCUT2D eigenvalue weighted by atomic mass is 35.5. The minimum Gasteiger partial charge on any atom is -0.493 e. The molecule has 0 unspecified atom stereocenters. The lowest BCUT2D eigenvalue weighted by atomic mass is 9.94. The second-order valence-electron chi connectivity index (χ2n) is 10.2. The van der Waals surface area contributed by atoms with Crippen molar-refractivity contribution in [2.24, 2.45) is 4.99 Å². The van der Waals surface area contributed by atoms with E-state index in [1.807, 2.05) is 11.0 Å². The van der Waals surface area contributed by atoms with Crippen LogP contribution in [0.15, 0.2) is 46.3 Å². The zero-order valence-corrected chi connectivity index (χ0v) is 23.3. The number of aliphatic imine (C=N–C) groups is 1. The van der Waals surface area contributed by atoms with Crippen molar-refractivity contribution < 1.29 is 18.7 Å². The van der Waals surface area contributed by atoms with E-state index in [-0.39, 0.29) is 24.4 Å². The molecule has 1 heterocycles. The summed E-state index contributed by atoms with van der Waals surface area (Å²) in [6, 6.07) is 10.5. The number of nitrogens with zero attached hydrogens (tertiary/aromatic N) is 2. The number of benzene rings is 2. The first kappa shape index (κ1) is 27.1. The Hall–Kier alpha value is -2.51. The fourth-order valence-electron chi connectivity index (χ4n) is 5.48. The molecular formula is C30H34ClFN2O3S. The van der Waals surface area contributed by atoms with Gasteiger partial charge in [0.15, 0.2) is 16.7 Å². The monoisotopic (exact) mass is 556 g/mol. The van der Waals surface area contributed by atoms with Crippen LogP contribution in [0.25, 0.3) is 6.08 Å². The highest BCUT2D eigenvalue weighted by Crippen LogP contribution is 2.41. The number of thioether (sulfide) groups is 1. The van der Waals surface area contributed by atoms with E-state index in [1.165, 1.54) is 50.6 Å². The van der Waals surface area contributed by atoms with Crippen LogP contribution in [-0.2, 0) is 11.4 Å². The van der Waals surface area contributed by atoms with Crippen molar-refractivity contribution in [3.8, 4) is 11.5 Å². The van der Waals surface area contributed by atoms with Crippen molar-refractivity contribution in [3.63, 3.8) is 0 Å². The Morgan fingerprint density at radius 1 is 1.08 bits per heavy atom. The lowest BCUT2D eigenvalue weighted by molar-refractivity contribution is -0.124. The van der Waals surface area contributed by atoms with E-state index < -0.39 is 0 Å². The summed E-state index contributed by atoms with van der Waals surface area (Å²) in [5.74, 6) is 0.449. The molecule has 38 heavy (non-hydrogen) atoms. The molecule has 8 heteroatoms. The van der Waals surface area contributed by atoms with Gasteiger partial charge in [0.05, 0.1) is 23.1 Å². The van der Waals surface area contributed by atoms with Gasteiger partial charge in [-0.1, -0.05) is 68.3 Å². The van der Waals surface area contributed by atoms with E-state index in [0.717, 1.165) is 49.3 Å². The first-order chi connectivity index (χ1) is 18.5. The molecule has 1 saturated heterocycles. The van der Waals surface area contributed by atoms with Crippen molar-refractivity contribution >= 4 is 40.5 Å². The number of amidine groups is 1. The first-order valence-electron chi connectivity index (χ1n) is 13.6. The molecule has 5 rings (SSSR count). The van der Waals surface area contributed by atoms with Gasteiger partial charge >= 0.3 is 0 Å². The van der Waals surface area contributed by atoms with Crippen LogP contribution in [0.5, 0.6) is 11.5 Å². The van der Waals surface area contributed by atoms with Crippen LogP contribution in [0, 0.1) is 5.82 Å². The Balaban J connectivity index is 1.40. The molecule has 0 N–H and O–H groups in total. The third-order valence-corrected chi connectivity index (χ3v) is 8.80. The van der Waals surface area contributed by atoms with Crippen LogP contribution in [0.1, 0.15) is 75.3 Å². The predicted octanol–water partition coefficient (Wildman–Crippen LogP) is 8.00. The van der Waals surface area contributed by atoms with Gasteiger partial charge < -0.3 is 9.47 Å². The lowest BCUT2D eigenvalue weighted by Crippen LogP contribution is -2.41. The number of carbonyl (C=O) groups excluding carboxylic acids is 1. The van der Waals surface area contributed by atoms with E-state index >= 15 is 0 Å². The molecular weight excluding hydrogens is 523 g/mol. The summed E-state index contributed by atoms with van der Waals surface area (Å²) in [6.07, 6.45) is 13.3. The van der Waals surface area contributed by atoms with E-state index in [2.05, 4.69) is 0 Å². The molecule has 2 aliphatic carbocycles. The highest BCUT2D eigenvalue weighted by molar-refractivity contribution is 8.18. The van der Waals surface area contributed by atoms with Crippen LogP contribution in [0.3, 0.4) is 0 Å². The molecule has 0 spiro atoms. The number of rotatable bonds is 7. The summed E-state index contributed by atoms with van der Waals surface area (Å²) < 4.78 is 25.5. The molecule has 3 aliphatic rings. The maximum atomic E-state index is 14.0. The van der Waals surface area contributed by atoms with Crippen LogP contribution in [-0.4, -0.2) is 35.2 Å². The molecule has 1 amide bonds. The molecule has 3 fully saturated rings. The van der Waals surface area contributed by atoms with E-state index in [4.69, 9.17) is 26.1 Å². The van der Waals surface area contributed by atoms with Gasteiger partial charge in [0.1, 0.15) is 12.4 Å². The number of methoxy groups -OCH3 is 1. The zero-order valence-electron chi connectivity index (χ0n) is 21.8. The summed E-state index contributed by atoms with van der Waals surface area (Å²) in [7, 11) is 1.54. The Labute approximate surface area is 233 Å². The van der Waals surface area contributed by atoms with Gasteiger partial charge in [0, 0.05) is 11.6 Å². The molecule has 2 saturated carbocycles. The zero-order chi connectivity index (χ0) is 26.5. The van der Waals surface area contributed by atoms with Gasteiger partial charge in [0.2, 0.25) is 0 Å². The number of hydrogen-bond donors (Lipinski definition) is 0. The fourth-order valence-corrected chi connectivity index (χ4v) is 6.87. The van der Waals surface area contributed by atoms with Gasteiger partial charge in [-0.15, -0.1) is 0 Å². The van der Waals surface area contributed by atoms with Gasteiger partial charge in [-0.3, -0.25) is 14.7 Å². The quantitative estimate of drug-likeness (QED) is 0.324. The molecule has 1 aliphatic heterocycles. The second-order valence-corrected chi connectivity index (χ2v) is 11.6. The normalized spacial score (nSPS) is 21.4. The fraction of sp³-hybridized carbons (Fsp3) is 0.467. The maximum absolute atomic E-state index is 14.0. The van der Waals surface area contributed by atoms with Crippen molar-refractivity contribution in [1.29, 1.82) is 0 Å². The first-order valence-corrected chi connectivity index (χ1v) is 14.8. The second kappa shape index (κ2) is 12.6. The van der Waals surface area contributed by atoms with Gasteiger partial charge in [-0.2, -0.15) is 0 Å². The van der Waals surface area contributed by atoms with Crippen LogP contribution >= 0.6 is 23.4 Å². The molecule has 0 aromatic heterocycles. The van der Waals surface area contributed by atoms with Crippen molar-refractivity contribution in [2.45, 2.75) is 82.9 Å². The minimum absolute atomic E-state index is 0.0198. The SMILES string of the molecule is COc1cc(C=C2SC(=NC3CCCCC3)N(C3CCCCC3)C2=O)cc(Cl)c1OCc1ccccc1F. The smallest absolute Gasteiger partial charge is 0.266 e. The Kier molecular flexibility index (Phi) is 8.95. The molecule has 0 bridgehead atoms. The summed E-state index contributed by atoms with van der Waals surface area (Å²) in [6.45, 7) is 0.0227. The van der Waals surface area contributed by atoms with Crippen LogP contribution < -0.4 is 9.47 Å².